The van der Waals surface area contributed by atoms with Gasteiger partial charge in [-0.05, 0) is 41.3 Å². The van der Waals surface area contributed by atoms with E-state index in [2.05, 4.69) is 10.1 Å². The molecule has 0 saturated carbocycles. The van der Waals surface area contributed by atoms with Crippen LogP contribution in [-0.2, 0) is 53.0 Å². The lowest BCUT2D eigenvalue weighted by Crippen LogP contribution is -2.74. The zero-order valence-corrected chi connectivity index (χ0v) is 25.4. The number of carboxylic acids is 1. The van der Waals surface area contributed by atoms with Crippen LogP contribution in [0.15, 0.2) is 78.9 Å². The van der Waals surface area contributed by atoms with Crippen molar-refractivity contribution in [2.45, 2.75) is 56.7 Å². The second-order valence-electron chi connectivity index (χ2n) is 10.7. The lowest BCUT2D eigenvalue weighted by molar-refractivity contribution is -0.184. The fourth-order valence-electron chi connectivity index (χ4n) is 5.18. The molecule has 0 radical (unpaired) electrons. The van der Waals surface area contributed by atoms with Crippen LogP contribution in [-0.4, -0.2) is 82.5 Å². The summed E-state index contributed by atoms with van der Waals surface area (Å²) < 4.78 is 15.3. The van der Waals surface area contributed by atoms with Crippen LogP contribution in [0.5, 0.6) is 11.5 Å². The Balaban J connectivity index is 0.000000300. The van der Waals surface area contributed by atoms with Crippen molar-refractivity contribution >= 4 is 35.8 Å². The van der Waals surface area contributed by atoms with Gasteiger partial charge >= 0.3 is 11.9 Å². The number of nitrogens with zero attached hydrogens (tertiary/aromatic N) is 1. The molecule has 0 spiro atoms. The van der Waals surface area contributed by atoms with Gasteiger partial charge in [-0.25, -0.2) is 9.59 Å². The fourth-order valence-corrected chi connectivity index (χ4v) is 5.18. The average molecular weight is 647 g/mol. The summed E-state index contributed by atoms with van der Waals surface area (Å²) in [5.74, 6) is -2.35. The number of amides is 2. The second kappa shape index (κ2) is 16.1. The van der Waals surface area contributed by atoms with Crippen LogP contribution in [0.1, 0.15) is 29.5 Å². The van der Waals surface area contributed by atoms with Gasteiger partial charge < -0.3 is 29.7 Å². The molecule has 2 aliphatic heterocycles. The number of carbonyl (C=O) groups excluding carboxylic acids is 5. The highest BCUT2D eigenvalue weighted by Crippen LogP contribution is 2.31. The number of fused-ring (bicyclic) bond motifs is 1. The van der Waals surface area contributed by atoms with Gasteiger partial charge in [0.2, 0.25) is 24.3 Å². The van der Waals surface area contributed by atoms with E-state index in [0.29, 0.717) is 12.2 Å². The summed E-state index contributed by atoms with van der Waals surface area (Å²) in [7, 11) is 1.57. The first-order valence-electron chi connectivity index (χ1n) is 14.7. The number of hydrogen-bond acceptors (Lipinski definition) is 10. The predicted octanol–water partition coefficient (Wildman–Crippen LogP) is 1.62. The van der Waals surface area contributed by atoms with Gasteiger partial charge in [-0.2, -0.15) is 0 Å². The quantitative estimate of drug-likeness (QED) is 0.106. The Hall–Kier alpha value is -5.56. The summed E-state index contributed by atoms with van der Waals surface area (Å²) in [6, 6.07) is 21.5. The Bertz CT molecular complexity index is 1570. The summed E-state index contributed by atoms with van der Waals surface area (Å²) in [6.07, 6.45) is -1.98. The van der Waals surface area contributed by atoms with E-state index in [0.717, 1.165) is 27.3 Å². The maximum Gasteiger partial charge on any atom is 0.371 e. The number of esters is 1. The van der Waals surface area contributed by atoms with E-state index in [1.807, 2.05) is 24.3 Å². The minimum absolute atomic E-state index is 0.00446. The number of carboxylic acid groups (broad SMARTS) is 1. The minimum Gasteiger partial charge on any atom is -0.497 e. The highest BCUT2D eigenvalue weighted by Gasteiger charge is 2.52. The smallest absolute Gasteiger partial charge is 0.371 e. The van der Waals surface area contributed by atoms with Crippen LogP contribution in [0, 0.1) is 0 Å². The minimum atomic E-state index is -2.05. The fraction of sp³-hybridized carbons (Fsp3) is 0.294. The van der Waals surface area contributed by atoms with Gasteiger partial charge in [-0.15, -0.1) is 0 Å². The molecule has 47 heavy (non-hydrogen) atoms. The molecule has 2 amide bonds. The number of aliphatic hydroxyl groups excluding tert-OH is 1. The van der Waals surface area contributed by atoms with Gasteiger partial charge in [-0.1, -0.05) is 60.7 Å². The van der Waals surface area contributed by atoms with Crippen molar-refractivity contribution in [3.05, 3.63) is 95.6 Å². The molecule has 5 rings (SSSR count). The maximum absolute atomic E-state index is 12.7. The van der Waals surface area contributed by atoms with E-state index in [4.69, 9.17) is 14.6 Å². The van der Waals surface area contributed by atoms with Gasteiger partial charge in [-0.3, -0.25) is 24.1 Å². The van der Waals surface area contributed by atoms with Crippen molar-refractivity contribution in [2.24, 2.45) is 0 Å². The third kappa shape index (κ3) is 9.01. The summed E-state index contributed by atoms with van der Waals surface area (Å²) in [5.41, 5.74) is 2.50. The number of nitrogens with one attached hydrogen (secondary N) is 1. The molecular weight excluding hydrogens is 612 g/mol. The monoisotopic (exact) mass is 646 g/mol. The van der Waals surface area contributed by atoms with E-state index in [1.165, 1.54) is 0 Å². The molecule has 0 aromatic heterocycles. The SMILES string of the molecule is COc1ccc(COC(=O)C=O)cc1.O=C(Cc1ccccc1)N[C@@H]1C(=O)N(C(O)C(=O)O)[C@@H]1CCC(=O)C1Cc2ccccc2O1. The van der Waals surface area contributed by atoms with Crippen molar-refractivity contribution in [2.75, 3.05) is 7.11 Å². The summed E-state index contributed by atoms with van der Waals surface area (Å²) in [4.78, 5) is 70.2. The van der Waals surface area contributed by atoms with Crippen molar-refractivity contribution in [3.63, 3.8) is 0 Å². The van der Waals surface area contributed by atoms with Gasteiger partial charge in [0.25, 0.3) is 0 Å². The van der Waals surface area contributed by atoms with E-state index in [9.17, 15) is 33.9 Å². The molecule has 2 heterocycles. The van der Waals surface area contributed by atoms with Gasteiger partial charge in [0.1, 0.15) is 24.1 Å². The number of ketones is 1. The number of aliphatic carboxylic acids is 1. The lowest BCUT2D eigenvalue weighted by Gasteiger charge is -2.48. The summed E-state index contributed by atoms with van der Waals surface area (Å²) in [6.45, 7) is 0.0988. The Morgan fingerprint density at radius 1 is 1.00 bits per heavy atom. The standard InChI is InChI=1S/C24H24N2O7.C10H10O4/c27-17(19-13-15-8-4-5-9-18(15)33-19)11-10-16-21(22(29)26(16)23(30)24(31)32)25-20(28)12-14-6-2-1-3-7-14;1-13-9-4-2-8(3-5-9)7-14-10(12)6-11/h1-9,16,19,21,23,30H,10-13H2,(H,25,28)(H,31,32);2-6H,7H2,1H3/t16-,19?,21+,23?;/m1./s1. The first-order chi connectivity index (χ1) is 22.6. The molecule has 3 aromatic carbocycles. The number of aliphatic hydroxyl groups is 1. The number of rotatable bonds is 13. The number of hydrogen-bond donors (Lipinski definition) is 3. The summed E-state index contributed by atoms with van der Waals surface area (Å²) >= 11 is 0. The molecule has 246 valence electrons. The summed E-state index contributed by atoms with van der Waals surface area (Å²) in [5, 5.41) is 21.7. The number of benzene rings is 3. The Morgan fingerprint density at radius 2 is 1.68 bits per heavy atom. The number of ether oxygens (including phenoxy) is 3. The Labute approximate surface area is 270 Å². The number of Topliss-reactive ketones (excluding diaryl/α,β-unsaturated/α-hetero) is 1. The average Bonchev–Trinajstić information content (AvgIpc) is 3.53. The molecule has 0 aliphatic carbocycles. The van der Waals surface area contributed by atoms with Crippen molar-refractivity contribution in [1.29, 1.82) is 0 Å². The van der Waals surface area contributed by atoms with E-state index < -0.39 is 48.2 Å². The Kier molecular flexibility index (Phi) is 11.8. The number of likely N-dealkylation sites (tertiary alicyclic amines) is 1. The molecule has 0 bridgehead atoms. The number of para-hydroxylation sites is 1. The molecule has 3 aromatic rings. The van der Waals surface area contributed by atoms with Crippen LogP contribution < -0.4 is 14.8 Å². The third-order valence-corrected chi connectivity index (χ3v) is 7.60. The zero-order valence-electron chi connectivity index (χ0n) is 25.4. The van der Waals surface area contributed by atoms with Crippen LogP contribution >= 0.6 is 0 Å². The van der Waals surface area contributed by atoms with Crippen molar-refractivity contribution < 1.29 is 53.2 Å². The van der Waals surface area contributed by atoms with Crippen LogP contribution in [0.2, 0.25) is 0 Å². The number of aldehydes is 1. The van der Waals surface area contributed by atoms with Crippen molar-refractivity contribution in [3.8, 4) is 11.5 Å². The van der Waals surface area contributed by atoms with Crippen LogP contribution in [0.25, 0.3) is 0 Å². The predicted molar refractivity (Wildman–Crippen MR) is 164 cm³/mol. The molecule has 4 atom stereocenters. The molecule has 3 N–H and O–H groups in total. The van der Waals surface area contributed by atoms with E-state index >= 15 is 0 Å². The Morgan fingerprint density at radius 3 is 2.32 bits per heavy atom. The highest BCUT2D eigenvalue weighted by molar-refractivity contribution is 6.20. The molecule has 13 heteroatoms. The van der Waals surface area contributed by atoms with Crippen molar-refractivity contribution in [1.82, 2.24) is 10.2 Å². The molecule has 2 unspecified atom stereocenters. The van der Waals surface area contributed by atoms with E-state index in [-0.39, 0.29) is 37.9 Å². The first kappa shape index (κ1) is 34.3. The van der Waals surface area contributed by atoms with Gasteiger partial charge in [0.15, 0.2) is 11.9 Å². The molecule has 13 nitrogen and oxygen atoms in total. The number of β-lactam (4-membered cyclic amide) rings is 1. The zero-order chi connectivity index (χ0) is 33.9. The van der Waals surface area contributed by atoms with Gasteiger partial charge in [0, 0.05) is 12.8 Å². The second-order valence-corrected chi connectivity index (χ2v) is 10.7. The number of carbonyl (C=O) groups is 6. The topological polar surface area (TPSA) is 186 Å². The molecule has 1 saturated heterocycles. The molecule has 2 aliphatic rings. The largest absolute Gasteiger partial charge is 0.497 e. The third-order valence-electron chi connectivity index (χ3n) is 7.60. The lowest BCUT2D eigenvalue weighted by atomic mass is 9.88. The first-order valence-corrected chi connectivity index (χ1v) is 14.7. The van der Waals surface area contributed by atoms with E-state index in [1.54, 1.807) is 61.7 Å². The molecule has 1 fully saturated rings. The normalized spacial score (nSPS) is 18.2. The van der Waals surface area contributed by atoms with Crippen LogP contribution in [0.3, 0.4) is 0 Å². The van der Waals surface area contributed by atoms with Gasteiger partial charge in [0.05, 0.1) is 19.6 Å². The molecular formula is C34H34N2O11. The van der Waals surface area contributed by atoms with Crippen LogP contribution in [0.4, 0.5) is 0 Å². The number of methoxy groups -OCH3 is 1. The maximum atomic E-state index is 12.7. The highest BCUT2D eigenvalue weighted by atomic mass is 16.5.